The molecule has 0 aliphatic rings. The number of rotatable bonds is 7. The fraction of sp³-hybridized carbons (Fsp3) is 0.265. The highest BCUT2D eigenvalue weighted by Crippen LogP contribution is 2.44. The van der Waals surface area contributed by atoms with E-state index in [-0.39, 0.29) is 6.61 Å². The molecule has 0 spiro atoms. The van der Waals surface area contributed by atoms with E-state index in [1.165, 1.54) is 0 Å². The lowest BCUT2D eigenvalue weighted by molar-refractivity contribution is -0.166. The second kappa shape index (κ2) is 11.7. The zero-order valence-corrected chi connectivity index (χ0v) is 27.0. The van der Waals surface area contributed by atoms with Crippen LogP contribution in [0.15, 0.2) is 67.0 Å². The highest BCUT2D eigenvalue weighted by atomic mass is 35.5. The number of benzene rings is 2. The molecule has 6 aromatic rings. The molecule has 0 bridgehead atoms. The number of hydrogen-bond donors (Lipinski definition) is 0. The van der Waals surface area contributed by atoms with Crippen molar-refractivity contribution in [3.63, 3.8) is 0 Å². The number of ether oxygens (including phenoxy) is 2. The van der Waals surface area contributed by atoms with E-state index in [1.54, 1.807) is 35.3 Å². The zero-order valence-electron chi connectivity index (χ0n) is 25.4. The largest absolute Gasteiger partial charge is 0.464 e. The Kier molecular flexibility index (Phi) is 7.96. The Balaban J connectivity index is 1.53. The van der Waals surface area contributed by atoms with Gasteiger partial charge in [0.15, 0.2) is 6.10 Å². The van der Waals surface area contributed by atoms with Crippen molar-refractivity contribution in [3.05, 3.63) is 83.1 Å². The van der Waals surface area contributed by atoms with Gasteiger partial charge >= 0.3 is 5.97 Å². The van der Waals surface area contributed by atoms with Crippen LogP contribution in [0.5, 0.6) is 0 Å². The van der Waals surface area contributed by atoms with Gasteiger partial charge in [0.25, 0.3) is 0 Å². The number of thiazole rings is 1. The van der Waals surface area contributed by atoms with Crippen LogP contribution in [0, 0.1) is 6.92 Å². The van der Waals surface area contributed by atoms with Crippen molar-refractivity contribution in [1.82, 2.24) is 24.7 Å². The van der Waals surface area contributed by atoms with E-state index in [2.05, 4.69) is 10.1 Å². The molecule has 10 heteroatoms. The minimum atomic E-state index is -0.934. The number of carbonyl (C=O) groups excluding carboxylic acids is 1. The summed E-state index contributed by atoms with van der Waals surface area (Å²) in [4.78, 5) is 27.9. The number of aromatic nitrogens is 5. The van der Waals surface area contributed by atoms with Crippen LogP contribution in [-0.2, 0) is 21.3 Å². The third-order valence-corrected chi connectivity index (χ3v) is 8.56. The summed E-state index contributed by atoms with van der Waals surface area (Å²) < 4.78 is 14.7. The number of esters is 1. The van der Waals surface area contributed by atoms with E-state index < -0.39 is 17.7 Å². The molecule has 0 fully saturated rings. The molecule has 0 saturated heterocycles. The predicted molar refractivity (Wildman–Crippen MR) is 176 cm³/mol. The van der Waals surface area contributed by atoms with Gasteiger partial charge in [0.2, 0.25) is 0 Å². The van der Waals surface area contributed by atoms with Gasteiger partial charge in [0.05, 0.1) is 45.5 Å². The van der Waals surface area contributed by atoms with Crippen molar-refractivity contribution >= 4 is 50.2 Å². The van der Waals surface area contributed by atoms with Crippen LogP contribution < -0.4 is 0 Å². The first-order valence-corrected chi connectivity index (χ1v) is 15.5. The molecule has 44 heavy (non-hydrogen) atoms. The topological polar surface area (TPSA) is 92.0 Å². The molecule has 0 N–H and O–H groups in total. The summed E-state index contributed by atoms with van der Waals surface area (Å²) in [5.41, 5.74) is 7.81. The molecule has 4 aromatic heterocycles. The molecule has 4 heterocycles. The van der Waals surface area contributed by atoms with Crippen molar-refractivity contribution in [2.45, 2.75) is 46.3 Å². The Bertz CT molecular complexity index is 2010. The molecule has 2 aromatic carbocycles. The number of aryl methyl sites for hydroxylation is 2. The monoisotopic (exact) mass is 625 g/mol. The average Bonchev–Trinajstić information content (AvgIpc) is 3.58. The molecule has 0 radical (unpaired) electrons. The average molecular weight is 626 g/mol. The third kappa shape index (κ3) is 5.83. The Hall–Kier alpha value is -4.18. The molecule has 8 nitrogen and oxygen atoms in total. The van der Waals surface area contributed by atoms with Crippen LogP contribution in [0.2, 0.25) is 5.02 Å². The molecule has 1 atom stereocenters. The molecule has 0 saturated carbocycles. The molecule has 1 unspecified atom stereocenters. The third-order valence-electron chi connectivity index (χ3n) is 7.17. The molecule has 224 valence electrons. The molecule has 0 aliphatic carbocycles. The summed E-state index contributed by atoms with van der Waals surface area (Å²) in [7, 11) is 1.89. The van der Waals surface area contributed by atoms with Crippen LogP contribution in [0.3, 0.4) is 0 Å². The Morgan fingerprint density at radius 1 is 1.00 bits per heavy atom. The summed E-state index contributed by atoms with van der Waals surface area (Å²) in [6.07, 6.45) is 2.59. The lowest BCUT2D eigenvalue weighted by Crippen LogP contribution is -2.29. The van der Waals surface area contributed by atoms with Gasteiger partial charge in [-0.05, 0) is 88.2 Å². The van der Waals surface area contributed by atoms with Gasteiger partial charge in [-0.25, -0.2) is 14.8 Å². The number of hydrogen-bond acceptors (Lipinski definition) is 8. The second-order valence-corrected chi connectivity index (χ2v) is 13.0. The number of nitrogens with zero attached hydrogens (tertiary/aromatic N) is 5. The van der Waals surface area contributed by atoms with E-state index in [0.717, 1.165) is 65.5 Å². The predicted octanol–water partition coefficient (Wildman–Crippen LogP) is 8.36. The van der Waals surface area contributed by atoms with Crippen LogP contribution in [0.4, 0.5) is 0 Å². The van der Waals surface area contributed by atoms with Crippen molar-refractivity contribution in [2.75, 3.05) is 6.61 Å². The van der Waals surface area contributed by atoms with Crippen molar-refractivity contribution in [2.24, 2.45) is 7.05 Å². The smallest absolute Gasteiger partial charge is 0.339 e. The Morgan fingerprint density at radius 3 is 2.50 bits per heavy atom. The van der Waals surface area contributed by atoms with E-state index in [9.17, 15) is 4.79 Å². The van der Waals surface area contributed by atoms with Crippen LogP contribution in [0.25, 0.3) is 54.3 Å². The maximum absolute atomic E-state index is 13.4. The van der Waals surface area contributed by atoms with Crippen LogP contribution >= 0.6 is 22.9 Å². The van der Waals surface area contributed by atoms with Gasteiger partial charge in [-0.3, -0.25) is 9.67 Å². The first-order chi connectivity index (χ1) is 21.0. The minimum absolute atomic E-state index is 0.248. The quantitative estimate of drug-likeness (QED) is 0.165. The van der Waals surface area contributed by atoms with Crippen LogP contribution in [-0.4, -0.2) is 42.9 Å². The number of fused-ring (bicyclic) bond motifs is 2. The molecule has 6 rings (SSSR count). The SMILES string of the molecule is CCOC(=O)C(OC(C)(C)C)c1c(C)cc2nc(-c3ccnc(-c4ccc5c(cnn5C)n4)c3)sc2c1-c1ccc(Cl)cc1. The van der Waals surface area contributed by atoms with Crippen molar-refractivity contribution in [1.29, 1.82) is 0 Å². The van der Waals surface area contributed by atoms with Crippen molar-refractivity contribution < 1.29 is 14.3 Å². The fourth-order valence-electron chi connectivity index (χ4n) is 5.26. The normalized spacial score (nSPS) is 12.6. The standard InChI is InChI=1S/C34H32ClN5O3S/c1-7-42-33(41)30(43-34(3,4)5)28-19(2)16-25-31(29(28)20-8-10-22(35)11-9-20)44-32(39-25)21-14-15-36-24(17-21)23-12-13-27-26(38-23)18-37-40(27)6/h8-18,30H,7H2,1-6H3. The highest BCUT2D eigenvalue weighted by molar-refractivity contribution is 7.22. The van der Waals surface area contributed by atoms with Gasteiger partial charge in [-0.1, -0.05) is 23.7 Å². The summed E-state index contributed by atoms with van der Waals surface area (Å²) >= 11 is 7.84. The van der Waals surface area contributed by atoms with Gasteiger partial charge < -0.3 is 9.47 Å². The van der Waals surface area contributed by atoms with E-state index >= 15 is 0 Å². The van der Waals surface area contributed by atoms with Gasteiger partial charge in [-0.15, -0.1) is 11.3 Å². The second-order valence-electron chi connectivity index (χ2n) is 11.5. The molecule has 0 aliphatic heterocycles. The van der Waals surface area contributed by atoms with Crippen molar-refractivity contribution in [3.8, 4) is 33.1 Å². The van der Waals surface area contributed by atoms with Crippen LogP contribution in [0.1, 0.15) is 44.9 Å². The maximum Gasteiger partial charge on any atom is 0.339 e. The van der Waals surface area contributed by atoms with Gasteiger partial charge in [0, 0.05) is 35.0 Å². The number of halogens is 1. The van der Waals surface area contributed by atoms with E-state index in [4.69, 9.17) is 31.0 Å². The Morgan fingerprint density at radius 2 is 1.77 bits per heavy atom. The zero-order chi connectivity index (χ0) is 31.2. The lowest BCUT2D eigenvalue weighted by Gasteiger charge is -2.29. The summed E-state index contributed by atoms with van der Waals surface area (Å²) in [6, 6.07) is 17.5. The summed E-state index contributed by atoms with van der Waals surface area (Å²) in [5, 5.41) is 5.75. The molecular formula is C34H32ClN5O3S. The first kappa shape index (κ1) is 29.9. The van der Waals surface area contributed by atoms with E-state index in [1.807, 2.05) is 89.3 Å². The molecular weight excluding hydrogens is 594 g/mol. The fourth-order valence-corrected chi connectivity index (χ4v) is 6.51. The summed E-state index contributed by atoms with van der Waals surface area (Å²) in [5.74, 6) is -0.429. The first-order valence-electron chi connectivity index (χ1n) is 14.3. The maximum atomic E-state index is 13.4. The number of pyridine rings is 2. The summed E-state index contributed by atoms with van der Waals surface area (Å²) in [6.45, 7) is 9.82. The molecule has 0 amide bonds. The van der Waals surface area contributed by atoms with Gasteiger partial charge in [0.1, 0.15) is 10.5 Å². The lowest BCUT2D eigenvalue weighted by atomic mass is 9.91. The van der Waals surface area contributed by atoms with Gasteiger partial charge in [-0.2, -0.15) is 5.10 Å². The Labute approximate surface area is 264 Å². The highest BCUT2D eigenvalue weighted by Gasteiger charge is 2.33. The van der Waals surface area contributed by atoms with E-state index in [0.29, 0.717) is 5.02 Å². The number of carbonyl (C=O) groups is 1. The minimum Gasteiger partial charge on any atom is -0.464 e.